The van der Waals surface area contributed by atoms with Crippen LogP contribution in [-0.2, 0) is 0 Å². The first-order valence-corrected chi connectivity index (χ1v) is 3.55. The number of nitrogens with two attached hydrogens (primary N) is 1. The quantitative estimate of drug-likeness (QED) is 0.581. The molecular weight excluding hydrogens is 238 g/mol. The number of hydrogen-bond donors (Lipinski definition) is 4. The van der Waals surface area contributed by atoms with Gasteiger partial charge in [0.15, 0.2) is 11.5 Å². The van der Waals surface area contributed by atoms with Gasteiger partial charge in [0.05, 0.1) is 6.10 Å². The molecule has 5 N–H and O–H groups in total. The minimum absolute atomic E-state index is 0. The number of rotatable bonds is 2. The van der Waals surface area contributed by atoms with E-state index in [1.807, 2.05) is 0 Å². The molecule has 0 aliphatic rings. The van der Waals surface area contributed by atoms with Gasteiger partial charge < -0.3 is 21.1 Å². The first-order valence-electron chi connectivity index (χ1n) is 3.55. The van der Waals surface area contributed by atoms with Gasteiger partial charge in [0.2, 0.25) is 0 Å². The zero-order valence-corrected chi connectivity index (χ0v) is 8.56. The van der Waals surface area contributed by atoms with Crippen LogP contribution in [0, 0.1) is 0 Å². The summed E-state index contributed by atoms with van der Waals surface area (Å²) in [6, 6.07) is 4.10. The largest absolute Gasteiger partial charge is 0.504 e. The van der Waals surface area contributed by atoms with E-state index in [1.165, 1.54) is 18.2 Å². The van der Waals surface area contributed by atoms with Gasteiger partial charge >= 0.3 is 0 Å². The average molecular weight is 250 g/mol. The number of aliphatic hydroxyl groups is 1. The number of phenols is 2. The summed E-state index contributed by atoms with van der Waals surface area (Å²) in [6.45, 7) is 0.0875. The van der Waals surface area contributed by atoms with Gasteiger partial charge in [-0.15, -0.1) is 17.0 Å². The van der Waals surface area contributed by atoms with E-state index in [4.69, 9.17) is 15.9 Å². The molecule has 0 unspecified atom stereocenters. The second-order valence-electron chi connectivity index (χ2n) is 2.50. The highest BCUT2D eigenvalue weighted by atomic mass is 79.9. The Kier molecular flexibility index (Phi) is 4.76. The minimum Gasteiger partial charge on any atom is -0.504 e. The van der Waals surface area contributed by atoms with Crippen molar-refractivity contribution in [3.8, 4) is 11.5 Å². The molecule has 1 aromatic rings. The lowest BCUT2D eigenvalue weighted by molar-refractivity contribution is 0.186. The molecule has 0 aliphatic carbocycles. The predicted molar refractivity (Wildman–Crippen MR) is 54.1 cm³/mol. The van der Waals surface area contributed by atoms with Crippen LogP contribution in [0.5, 0.6) is 11.5 Å². The molecule has 74 valence electrons. The Bertz CT molecular complexity index is 280. The molecule has 0 aromatic heterocycles. The third-order valence-electron chi connectivity index (χ3n) is 1.61. The summed E-state index contributed by atoms with van der Waals surface area (Å²) in [4.78, 5) is 0. The molecule has 1 rings (SSSR count). The van der Waals surface area contributed by atoms with Crippen molar-refractivity contribution < 1.29 is 15.3 Å². The van der Waals surface area contributed by atoms with Gasteiger partial charge in [-0.1, -0.05) is 6.07 Å². The fraction of sp³-hybridized carbons (Fsp3) is 0.250. The van der Waals surface area contributed by atoms with E-state index >= 15 is 0 Å². The molecule has 0 saturated carbocycles. The SMILES string of the molecule is Br.NC[C@H](O)c1ccc(O)c(O)c1. The lowest BCUT2D eigenvalue weighted by Crippen LogP contribution is -2.11. The predicted octanol–water partition coefficient (Wildman–Crippen LogP) is 0.668. The maximum absolute atomic E-state index is 9.23. The van der Waals surface area contributed by atoms with Crippen molar-refractivity contribution in [1.29, 1.82) is 0 Å². The smallest absolute Gasteiger partial charge is 0.157 e. The molecule has 0 fully saturated rings. The number of aliphatic hydroxyl groups excluding tert-OH is 1. The van der Waals surface area contributed by atoms with Crippen LogP contribution in [0.3, 0.4) is 0 Å². The molecule has 1 aromatic carbocycles. The fourth-order valence-corrected chi connectivity index (χ4v) is 0.884. The summed E-state index contributed by atoms with van der Waals surface area (Å²) >= 11 is 0. The van der Waals surface area contributed by atoms with Gasteiger partial charge in [-0.3, -0.25) is 0 Å². The van der Waals surface area contributed by atoms with E-state index in [0.29, 0.717) is 5.56 Å². The van der Waals surface area contributed by atoms with E-state index < -0.39 is 6.10 Å². The summed E-state index contributed by atoms with van der Waals surface area (Å²) in [7, 11) is 0. The molecular formula is C8H12BrNO3. The molecule has 4 nitrogen and oxygen atoms in total. The fourth-order valence-electron chi connectivity index (χ4n) is 0.884. The maximum atomic E-state index is 9.23. The van der Waals surface area contributed by atoms with Gasteiger partial charge in [0.1, 0.15) is 0 Å². The summed E-state index contributed by atoms with van der Waals surface area (Å²) in [5.41, 5.74) is 5.69. The molecule has 0 aliphatic heterocycles. The molecule has 1 atom stereocenters. The summed E-state index contributed by atoms with van der Waals surface area (Å²) in [6.07, 6.45) is -0.795. The summed E-state index contributed by atoms with van der Waals surface area (Å²) < 4.78 is 0. The van der Waals surface area contributed by atoms with Crippen molar-refractivity contribution in [3.63, 3.8) is 0 Å². The lowest BCUT2D eigenvalue weighted by atomic mass is 10.1. The first kappa shape index (κ1) is 12.2. The molecule has 0 saturated heterocycles. The van der Waals surface area contributed by atoms with Gasteiger partial charge in [-0.25, -0.2) is 0 Å². The van der Waals surface area contributed by atoms with Gasteiger partial charge in [-0.2, -0.15) is 0 Å². The molecule has 0 spiro atoms. The number of phenolic OH excluding ortho intramolecular Hbond substituents is 2. The number of hydrogen-bond acceptors (Lipinski definition) is 4. The molecule has 13 heavy (non-hydrogen) atoms. The van der Waals surface area contributed by atoms with Crippen LogP contribution >= 0.6 is 17.0 Å². The number of halogens is 1. The van der Waals surface area contributed by atoms with Crippen LogP contribution < -0.4 is 5.73 Å². The van der Waals surface area contributed by atoms with E-state index in [1.54, 1.807) is 0 Å². The van der Waals surface area contributed by atoms with Crippen molar-refractivity contribution in [2.45, 2.75) is 6.10 Å². The van der Waals surface area contributed by atoms with Gasteiger partial charge in [-0.05, 0) is 17.7 Å². The Labute approximate surface area is 86.4 Å². The Morgan fingerprint density at radius 1 is 1.23 bits per heavy atom. The van der Waals surface area contributed by atoms with Gasteiger partial charge in [0.25, 0.3) is 0 Å². The van der Waals surface area contributed by atoms with E-state index in [2.05, 4.69) is 0 Å². The van der Waals surface area contributed by atoms with Crippen LogP contribution in [0.25, 0.3) is 0 Å². The molecule has 0 heterocycles. The molecule has 0 radical (unpaired) electrons. The maximum Gasteiger partial charge on any atom is 0.157 e. The highest BCUT2D eigenvalue weighted by molar-refractivity contribution is 8.93. The molecule has 5 heteroatoms. The Morgan fingerprint density at radius 3 is 2.31 bits per heavy atom. The molecule has 0 bridgehead atoms. The van der Waals surface area contributed by atoms with Crippen LogP contribution in [-0.4, -0.2) is 21.9 Å². The van der Waals surface area contributed by atoms with E-state index in [0.717, 1.165) is 0 Å². The number of benzene rings is 1. The second kappa shape index (κ2) is 5.06. The highest BCUT2D eigenvalue weighted by Gasteiger charge is 2.07. The van der Waals surface area contributed by atoms with Gasteiger partial charge in [0, 0.05) is 6.54 Å². The third-order valence-corrected chi connectivity index (χ3v) is 1.61. The van der Waals surface area contributed by atoms with Crippen molar-refractivity contribution in [2.75, 3.05) is 6.54 Å². The van der Waals surface area contributed by atoms with Crippen LogP contribution in [0.1, 0.15) is 11.7 Å². The zero-order chi connectivity index (χ0) is 9.14. The minimum atomic E-state index is -0.795. The summed E-state index contributed by atoms with van der Waals surface area (Å²) in [5.74, 6) is -0.456. The second-order valence-corrected chi connectivity index (χ2v) is 2.50. The van der Waals surface area contributed by atoms with Crippen LogP contribution in [0.4, 0.5) is 0 Å². The zero-order valence-electron chi connectivity index (χ0n) is 6.84. The van der Waals surface area contributed by atoms with E-state index in [-0.39, 0.29) is 35.0 Å². The van der Waals surface area contributed by atoms with Crippen LogP contribution in [0.15, 0.2) is 18.2 Å². The highest BCUT2D eigenvalue weighted by Crippen LogP contribution is 2.27. The lowest BCUT2D eigenvalue weighted by Gasteiger charge is -2.08. The topological polar surface area (TPSA) is 86.7 Å². The molecule has 0 amide bonds. The van der Waals surface area contributed by atoms with Crippen molar-refractivity contribution in [3.05, 3.63) is 23.8 Å². The Morgan fingerprint density at radius 2 is 1.85 bits per heavy atom. The summed E-state index contributed by atoms with van der Waals surface area (Å²) in [5, 5.41) is 27.2. The average Bonchev–Trinajstić information content (AvgIpc) is 2.08. The number of aromatic hydroxyl groups is 2. The third kappa shape index (κ3) is 2.87. The van der Waals surface area contributed by atoms with Crippen LogP contribution in [0.2, 0.25) is 0 Å². The van der Waals surface area contributed by atoms with E-state index in [9.17, 15) is 5.11 Å². The Balaban J connectivity index is 0.00000144. The Hall–Kier alpha value is -0.780. The van der Waals surface area contributed by atoms with Crippen molar-refractivity contribution in [2.24, 2.45) is 5.73 Å². The van der Waals surface area contributed by atoms with Crippen molar-refractivity contribution >= 4 is 17.0 Å². The standard InChI is InChI=1S/C8H11NO3.BrH/c9-4-8(12)5-1-2-6(10)7(11)3-5;/h1-3,8,10-12H,4,9H2;1H/t8-;/m0./s1. The monoisotopic (exact) mass is 249 g/mol. The van der Waals surface area contributed by atoms with Crippen molar-refractivity contribution in [1.82, 2.24) is 0 Å². The normalized spacial score (nSPS) is 11.8. The first-order chi connectivity index (χ1) is 5.65.